The first-order valence-corrected chi connectivity index (χ1v) is 18.4. The predicted octanol–water partition coefficient (Wildman–Crippen LogP) is 6.94. The number of rotatable bonds is 19. The molecule has 2 N–H and O–H groups in total. The smallest absolute Gasteiger partial charge is 0.415 e. The number of aliphatic hydroxyl groups is 2. The maximum atomic E-state index is 14.0. The standard InChI is InChI=1S/C40H51N3O10/c1-5-22-49-30-18-19-35-33(25-30)37-31(13-9-11-21-45)27(12-8-10-20-44)24-32-34(41-51-7-3)26-36(40(53-35,38(32)37)50-23-6-2)42(4)39(46)52-29-16-14-28(15-17-29)43(47)48/h5-6,14-19,24-25,27,31,36-38,44-45H,1-2,7-13,20-23,26H2,3-4H3/t27-,31+,36-,37+,38+,40+/m0/s1. The van der Waals surface area contributed by atoms with Crippen molar-refractivity contribution in [3.63, 3.8) is 0 Å². The second-order valence-corrected chi connectivity index (χ2v) is 13.5. The van der Waals surface area contributed by atoms with Gasteiger partial charge in [-0.15, -0.1) is 6.58 Å². The molecule has 2 aromatic rings. The van der Waals surface area contributed by atoms with Crippen LogP contribution >= 0.6 is 0 Å². The quantitative estimate of drug-likeness (QED) is 0.0669. The number of oxime groups is 1. The number of hydrogen-bond acceptors (Lipinski definition) is 11. The number of likely N-dealkylation sites (N-methyl/N-ethyl adjacent to an activating group) is 1. The Labute approximate surface area is 310 Å². The summed E-state index contributed by atoms with van der Waals surface area (Å²) in [5.74, 6) is -0.591. The van der Waals surface area contributed by atoms with Gasteiger partial charge in [0, 0.05) is 50.3 Å². The highest BCUT2D eigenvalue weighted by molar-refractivity contribution is 6.03. The van der Waals surface area contributed by atoms with Gasteiger partial charge in [0.15, 0.2) is 0 Å². The monoisotopic (exact) mass is 733 g/mol. The van der Waals surface area contributed by atoms with E-state index in [0.29, 0.717) is 43.3 Å². The molecule has 0 spiro atoms. The van der Waals surface area contributed by atoms with Gasteiger partial charge in [-0.1, -0.05) is 42.8 Å². The van der Waals surface area contributed by atoms with Gasteiger partial charge in [0.25, 0.3) is 5.69 Å². The predicted molar refractivity (Wildman–Crippen MR) is 199 cm³/mol. The van der Waals surface area contributed by atoms with Crippen molar-refractivity contribution in [3.05, 3.63) is 95.1 Å². The Morgan fingerprint density at radius 3 is 2.42 bits per heavy atom. The van der Waals surface area contributed by atoms with Crippen LogP contribution in [0.3, 0.4) is 0 Å². The Hall–Kier alpha value is -4.72. The molecule has 0 saturated heterocycles. The van der Waals surface area contributed by atoms with Crippen molar-refractivity contribution in [2.75, 3.05) is 40.1 Å². The molecular weight excluding hydrogens is 682 g/mol. The minimum Gasteiger partial charge on any atom is -0.490 e. The number of hydrogen-bond donors (Lipinski definition) is 2. The van der Waals surface area contributed by atoms with Crippen LogP contribution in [-0.4, -0.2) is 83.8 Å². The van der Waals surface area contributed by atoms with Crippen LogP contribution in [-0.2, 0) is 9.57 Å². The Morgan fingerprint density at radius 2 is 1.75 bits per heavy atom. The van der Waals surface area contributed by atoms with E-state index in [1.165, 1.54) is 29.2 Å². The van der Waals surface area contributed by atoms with E-state index in [4.69, 9.17) is 23.8 Å². The third kappa shape index (κ3) is 8.58. The summed E-state index contributed by atoms with van der Waals surface area (Å²) in [5.41, 5.74) is 2.38. The van der Waals surface area contributed by atoms with Gasteiger partial charge in [0.1, 0.15) is 36.5 Å². The minimum absolute atomic E-state index is 0.0578. The lowest BCUT2D eigenvalue weighted by Gasteiger charge is -2.59. The number of nitro benzene ring substituents is 1. The van der Waals surface area contributed by atoms with Gasteiger partial charge >= 0.3 is 6.09 Å². The number of carbonyl (C=O) groups excluding carboxylic acids is 1. The van der Waals surface area contributed by atoms with E-state index in [9.17, 15) is 25.1 Å². The van der Waals surface area contributed by atoms with Gasteiger partial charge < -0.3 is 38.9 Å². The average Bonchev–Trinajstić information content (AvgIpc) is 3.16. The molecule has 1 heterocycles. The van der Waals surface area contributed by atoms with E-state index >= 15 is 0 Å². The van der Waals surface area contributed by atoms with Gasteiger partial charge in [-0.25, -0.2) is 4.79 Å². The summed E-state index contributed by atoms with van der Waals surface area (Å²) in [7, 11) is 1.61. The second-order valence-electron chi connectivity index (χ2n) is 13.5. The van der Waals surface area contributed by atoms with Crippen LogP contribution in [0, 0.1) is 27.9 Å². The van der Waals surface area contributed by atoms with E-state index in [1.54, 1.807) is 19.2 Å². The molecule has 0 bridgehead atoms. The van der Waals surface area contributed by atoms with Crippen molar-refractivity contribution in [2.45, 2.75) is 69.6 Å². The maximum absolute atomic E-state index is 14.0. The molecule has 6 atom stereocenters. The Kier molecular flexibility index (Phi) is 13.7. The number of nitro groups is 1. The molecule has 13 heteroatoms. The Balaban J connectivity index is 1.69. The number of allylic oxidation sites excluding steroid dienone is 1. The SMILES string of the molecule is C=CCOc1ccc2c(c1)[C@H]1[C@H](CCCCO)[C@@H](CCCCO)C=C3C(=NOCC)C[C@H](N(C)C(=O)Oc4ccc([N+](=O)[O-])cc4)[C@@](OCC=C)(O2)[C@H]31. The molecule has 286 valence electrons. The zero-order valence-electron chi connectivity index (χ0n) is 30.6. The average molecular weight is 734 g/mol. The van der Waals surface area contributed by atoms with Crippen molar-refractivity contribution >= 4 is 17.5 Å². The van der Waals surface area contributed by atoms with Gasteiger partial charge in [-0.05, 0) is 80.3 Å². The molecule has 0 radical (unpaired) electrons. The number of benzene rings is 2. The van der Waals surface area contributed by atoms with Gasteiger partial charge in [-0.2, -0.15) is 0 Å². The summed E-state index contributed by atoms with van der Waals surface area (Å²) in [4.78, 5) is 31.9. The summed E-state index contributed by atoms with van der Waals surface area (Å²) in [5, 5.41) is 35.4. The number of unbranched alkanes of at least 4 members (excludes halogenated alkanes) is 2. The topological polar surface area (TPSA) is 162 Å². The molecule has 5 rings (SSSR count). The van der Waals surface area contributed by atoms with E-state index < -0.39 is 28.8 Å². The lowest BCUT2D eigenvalue weighted by molar-refractivity contribution is -0.384. The molecule has 1 fully saturated rings. The third-order valence-corrected chi connectivity index (χ3v) is 10.3. The molecule has 2 aliphatic carbocycles. The normalized spacial score (nSPS) is 24.9. The van der Waals surface area contributed by atoms with Crippen LogP contribution in [0.1, 0.15) is 63.4 Å². The Morgan fingerprint density at radius 1 is 1.06 bits per heavy atom. The minimum atomic E-state index is -1.44. The number of fused-ring (bicyclic) bond motifs is 2. The van der Waals surface area contributed by atoms with E-state index in [2.05, 4.69) is 24.4 Å². The van der Waals surface area contributed by atoms with Crippen LogP contribution < -0.4 is 14.2 Å². The molecule has 0 unspecified atom stereocenters. The number of nitrogens with zero attached hydrogens (tertiary/aromatic N) is 3. The first-order chi connectivity index (χ1) is 25.7. The molecule has 13 nitrogen and oxygen atoms in total. The van der Waals surface area contributed by atoms with Crippen LogP contribution in [0.2, 0.25) is 0 Å². The van der Waals surface area contributed by atoms with Gasteiger partial charge in [0.2, 0.25) is 5.79 Å². The molecule has 0 aromatic heterocycles. The Bertz CT molecular complexity index is 1660. The second kappa shape index (κ2) is 18.4. The highest BCUT2D eigenvalue weighted by Crippen LogP contribution is 2.61. The number of carbonyl (C=O) groups is 1. The van der Waals surface area contributed by atoms with E-state index in [1.807, 2.05) is 25.1 Å². The number of non-ortho nitro benzene ring substituents is 1. The molecule has 53 heavy (non-hydrogen) atoms. The van der Waals surface area contributed by atoms with E-state index in [0.717, 1.165) is 36.8 Å². The number of ether oxygens (including phenoxy) is 4. The fraction of sp³-hybridized carbons (Fsp3) is 0.500. The van der Waals surface area contributed by atoms with Crippen molar-refractivity contribution in [2.24, 2.45) is 22.9 Å². The highest BCUT2D eigenvalue weighted by Gasteiger charge is 2.65. The van der Waals surface area contributed by atoms with Crippen LogP contribution in [0.25, 0.3) is 0 Å². The third-order valence-electron chi connectivity index (χ3n) is 10.3. The maximum Gasteiger partial charge on any atom is 0.415 e. The molecule has 1 saturated carbocycles. The summed E-state index contributed by atoms with van der Waals surface area (Å²) >= 11 is 0. The summed E-state index contributed by atoms with van der Waals surface area (Å²) in [6.07, 6.45) is 9.64. The molecule has 1 amide bonds. The van der Waals surface area contributed by atoms with Crippen molar-refractivity contribution in [3.8, 4) is 17.2 Å². The van der Waals surface area contributed by atoms with Gasteiger partial charge in [-0.3, -0.25) is 10.1 Å². The molecule has 3 aliphatic rings. The fourth-order valence-electron chi connectivity index (χ4n) is 8.05. The fourth-order valence-corrected chi connectivity index (χ4v) is 8.05. The number of aliphatic hydroxyl groups excluding tert-OH is 2. The number of amides is 1. The lowest BCUT2D eigenvalue weighted by Crippen LogP contribution is -2.69. The summed E-state index contributed by atoms with van der Waals surface area (Å²) in [6, 6.07) is 10.3. The summed E-state index contributed by atoms with van der Waals surface area (Å²) in [6.45, 7) is 10.5. The zero-order chi connectivity index (χ0) is 38.0. The molecular formula is C40H51N3O10. The van der Waals surface area contributed by atoms with Crippen LogP contribution in [0.5, 0.6) is 17.2 Å². The van der Waals surface area contributed by atoms with Crippen molar-refractivity contribution < 1.29 is 43.7 Å². The largest absolute Gasteiger partial charge is 0.490 e. The molecule has 1 aliphatic heterocycles. The molecule has 2 aromatic carbocycles. The van der Waals surface area contributed by atoms with Crippen LogP contribution in [0.15, 0.2) is 84.6 Å². The lowest BCUT2D eigenvalue weighted by atomic mass is 9.55. The van der Waals surface area contributed by atoms with Gasteiger partial charge in [0.05, 0.1) is 23.2 Å². The first kappa shape index (κ1) is 39.5. The van der Waals surface area contributed by atoms with Crippen molar-refractivity contribution in [1.82, 2.24) is 4.90 Å². The van der Waals surface area contributed by atoms with Crippen molar-refractivity contribution in [1.29, 1.82) is 0 Å². The van der Waals surface area contributed by atoms with Crippen LogP contribution in [0.4, 0.5) is 10.5 Å². The van der Waals surface area contributed by atoms with E-state index in [-0.39, 0.29) is 55.4 Å². The first-order valence-electron chi connectivity index (χ1n) is 18.4. The zero-order valence-corrected chi connectivity index (χ0v) is 30.6. The summed E-state index contributed by atoms with van der Waals surface area (Å²) < 4.78 is 25.7. The highest BCUT2D eigenvalue weighted by atomic mass is 16.7.